The molecule has 0 aliphatic carbocycles. The minimum absolute atomic E-state index is 0.0986. The van der Waals surface area contributed by atoms with Gasteiger partial charge in [-0.05, 0) is 117 Å². The number of rotatable bonds is 7. The Bertz CT molecular complexity index is 4240. The van der Waals surface area contributed by atoms with E-state index in [2.05, 4.69) is 259 Å². The van der Waals surface area contributed by atoms with Gasteiger partial charge in [-0.2, -0.15) is 0 Å². The van der Waals surface area contributed by atoms with Gasteiger partial charge < -0.3 is 18.6 Å². The first kappa shape index (κ1) is 43.7. The topological polar surface area (TPSA) is 32.8 Å². The van der Waals surface area contributed by atoms with Crippen molar-refractivity contribution in [3.05, 3.63) is 216 Å². The number of anilines is 6. The number of nitrogens with zero attached hydrogens (tertiary/aromatic N) is 2. The molecule has 0 saturated heterocycles. The number of furan rings is 2. The van der Waals surface area contributed by atoms with Gasteiger partial charge in [0.05, 0.1) is 22.7 Å². The Kier molecular flexibility index (Phi) is 9.76. The Morgan fingerprint density at radius 1 is 0.306 bits per heavy atom. The molecule has 0 radical (unpaired) electrons. The third kappa shape index (κ3) is 6.73. The van der Waals surface area contributed by atoms with Gasteiger partial charge >= 0.3 is 0 Å². The van der Waals surface area contributed by atoms with Crippen LogP contribution in [0.5, 0.6) is 0 Å². The van der Waals surface area contributed by atoms with Crippen molar-refractivity contribution in [2.75, 3.05) is 9.80 Å². The van der Waals surface area contributed by atoms with Crippen molar-refractivity contribution in [2.45, 2.75) is 66.2 Å². The lowest BCUT2D eigenvalue weighted by molar-refractivity contribution is 0.572. The van der Waals surface area contributed by atoms with Gasteiger partial charge in [-0.25, -0.2) is 0 Å². The van der Waals surface area contributed by atoms with Gasteiger partial charge in [-0.3, -0.25) is 0 Å². The average Bonchev–Trinajstić information content (AvgIpc) is 3.98. The first-order valence-electron chi connectivity index (χ1n) is 25.3. The third-order valence-corrected chi connectivity index (χ3v) is 15.1. The van der Waals surface area contributed by atoms with Gasteiger partial charge in [-0.15, -0.1) is 0 Å². The standard InChI is InChI=1S/C68H56N2O2/c1-41-25-37-53(67(3,4)5)65-59(41)51-21-15-23-57(63(51)71-65)69(47-19-13-10-14-20-47)55-39-31-45-30-36-50-56(40-32-46-29-35-49(55)61(45)62(46)50)70(48-33-27-44(28-34-48)43-17-11-9-12-18-43)58-24-16-22-52-60-42(2)26-38-54(68(6,7)8)66(60)72-64(52)58/h9-40H,1-8H3. The molecule has 350 valence electrons. The predicted molar refractivity (Wildman–Crippen MR) is 306 cm³/mol. The second kappa shape index (κ2) is 16.1. The maximum atomic E-state index is 7.21. The average molecular weight is 933 g/mol. The van der Waals surface area contributed by atoms with E-state index in [0.717, 1.165) is 78.0 Å². The summed E-state index contributed by atoms with van der Waals surface area (Å²) in [6, 6.07) is 71.0. The van der Waals surface area contributed by atoms with Crippen LogP contribution in [-0.2, 0) is 10.8 Å². The molecule has 2 heterocycles. The smallest absolute Gasteiger partial charge is 0.159 e. The van der Waals surface area contributed by atoms with Crippen LogP contribution in [0.25, 0.3) is 87.3 Å². The van der Waals surface area contributed by atoms with Crippen molar-refractivity contribution in [1.82, 2.24) is 0 Å². The molecule has 0 aliphatic heterocycles. The summed E-state index contributed by atoms with van der Waals surface area (Å²) in [7, 11) is 0. The van der Waals surface area contributed by atoms with Gasteiger partial charge in [0.15, 0.2) is 11.2 Å². The molecule has 0 aliphatic rings. The normalized spacial score (nSPS) is 12.4. The van der Waals surface area contributed by atoms with Crippen molar-refractivity contribution in [3.8, 4) is 11.1 Å². The van der Waals surface area contributed by atoms with Crippen LogP contribution >= 0.6 is 0 Å². The fourth-order valence-electron chi connectivity index (χ4n) is 11.6. The molecule has 0 saturated carbocycles. The number of benzene rings is 11. The summed E-state index contributed by atoms with van der Waals surface area (Å²) >= 11 is 0. The van der Waals surface area contributed by atoms with Crippen LogP contribution in [0, 0.1) is 13.8 Å². The number of hydrogen-bond acceptors (Lipinski definition) is 4. The van der Waals surface area contributed by atoms with E-state index < -0.39 is 0 Å². The molecule has 2 aromatic heterocycles. The predicted octanol–water partition coefficient (Wildman–Crippen LogP) is 20.2. The van der Waals surface area contributed by atoms with E-state index in [4.69, 9.17) is 8.83 Å². The second-order valence-electron chi connectivity index (χ2n) is 21.8. The molecule has 0 N–H and O–H groups in total. The highest BCUT2D eigenvalue weighted by atomic mass is 16.3. The fourth-order valence-corrected chi connectivity index (χ4v) is 11.6. The first-order valence-corrected chi connectivity index (χ1v) is 25.3. The molecule has 0 spiro atoms. The van der Waals surface area contributed by atoms with E-state index in [1.54, 1.807) is 0 Å². The highest BCUT2D eigenvalue weighted by Crippen LogP contribution is 2.52. The van der Waals surface area contributed by atoms with Gasteiger partial charge in [0.1, 0.15) is 11.2 Å². The summed E-state index contributed by atoms with van der Waals surface area (Å²) in [5.41, 5.74) is 16.9. The highest BCUT2D eigenvalue weighted by molar-refractivity contribution is 6.29. The van der Waals surface area contributed by atoms with Crippen LogP contribution in [-0.4, -0.2) is 0 Å². The SMILES string of the molecule is Cc1ccc(C(C)(C)C)c2oc3c(N(c4ccccc4)c4ccc5ccc6c(N(c7ccc(-c8ccccc8)cc7)c7cccc8c7oc7c(C(C)(C)C)ccc(C)c78)ccc7ccc4c5c76)cccc3c12. The van der Waals surface area contributed by atoms with Crippen LogP contribution in [0.4, 0.5) is 34.1 Å². The van der Waals surface area contributed by atoms with E-state index in [0.29, 0.717) is 0 Å². The zero-order valence-corrected chi connectivity index (χ0v) is 42.2. The lowest BCUT2D eigenvalue weighted by Crippen LogP contribution is -2.12. The lowest BCUT2D eigenvalue weighted by atomic mass is 9.85. The summed E-state index contributed by atoms with van der Waals surface area (Å²) in [5, 5.41) is 11.7. The molecule has 0 unspecified atom stereocenters. The zero-order chi connectivity index (χ0) is 49.2. The molecule has 0 bridgehead atoms. The Balaban J connectivity index is 1.07. The minimum atomic E-state index is -0.110. The number of hydrogen-bond donors (Lipinski definition) is 0. The molecule has 13 aromatic rings. The molecular formula is C68H56N2O2. The maximum Gasteiger partial charge on any atom is 0.159 e. The summed E-state index contributed by atoms with van der Waals surface area (Å²) in [4.78, 5) is 4.82. The fraction of sp³-hybridized carbons (Fsp3) is 0.147. The van der Waals surface area contributed by atoms with Gasteiger partial charge in [0, 0.05) is 54.8 Å². The monoisotopic (exact) mass is 932 g/mol. The van der Waals surface area contributed by atoms with Gasteiger partial charge in [0.25, 0.3) is 0 Å². The van der Waals surface area contributed by atoms with Crippen molar-refractivity contribution in [2.24, 2.45) is 0 Å². The Morgan fingerprint density at radius 3 is 1.18 bits per heavy atom. The molecule has 13 rings (SSSR count). The molecule has 4 heteroatoms. The number of para-hydroxylation sites is 3. The maximum absolute atomic E-state index is 7.21. The molecule has 0 amide bonds. The van der Waals surface area contributed by atoms with Gasteiger partial charge in [0.2, 0.25) is 0 Å². The highest BCUT2D eigenvalue weighted by Gasteiger charge is 2.29. The minimum Gasteiger partial charge on any atom is -0.454 e. The lowest BCUT2D eigenvalue weighted by Gasteiger charge is -2.29. The van der Waals surface area contributed by atoms with Crippen LogP contribution in [0.3, 0.4) is 0 Å². The van der Waals surface area contributed by atoms with Crippen LogP contribution in [0.2, 0.25) is 0 Å². The van der Waals surface area contributed by atoms with E-state index >= 15 is 0 Å². The molecule has 0 fully saturated rings. The molecule has 0 atom stereocenters. The Hall–Kier alpha value is -8.34. The number of aryl methyl sites for hydroxylation is 2. The summed E-state index contributed by atoms with van der Waals surface area (Å²) in [5.74, 6) is 0. The van der Waals surface area contributed by atoms with Crippen molar-refractivity contribution < 1.29 is 8.83 Å². The van der Waals surface area contributed by atoms with E-state index in [1.807, 2.05) is 0 Å². The summed E-state index contributed by atoms with van der Waals surface area (Å²) in [6.45, 7) is 18.0. The van der Waals surface area contributed by atoms with Crippen LogP contribution in [0.15, 0.2) is 203 Å². The number of fused-ring (bicyclic) bond motifs is 6. The third-order valence-electron chi connectivity index (χ3n) is 15.1. The largest absolute Gasteiger partial charge is 0.454 e. The van der Waals surface area contributed by atoms with E-state index in [9.17, 15) is 0 Å². The van der Waals surface area contributed by atoms with E-state index in [-0.39, 0.29) is 10.8 Å². The molecular weight excluding hydrogens is 877 g/mol. The zero-order valence-electron chi connectivity index (χ0n) is 42.2. The Morgan fingerprint density at radius 2 is 0.722 bits per heavy atom. The summed E-state index contributed by atoms with van der Waals surface area (Å²) in [6.07, 6.45) is 0. The second-order valence-corrected chi connectivity index (χ2v) is 21.8. The van der Waals surface area contributed by atoms with Crippen molar-refractivity contribution in [1.29, 1.82) is 0 Å². The quantitative estimate of drug-likeness (QED) is 0.149. The van der Waals surface area contributed by atoms with Crippen LogP contribution in [0.1, 0.15) is 63.8 Å². The summed E-state index contributed by atoms with van der Waals surface area (Å²) < 4.78 is 14.4. The van der Waals surface area contributed by atoms with Gasteiger partial charge in [-0.1, -0.05) is 187 Å². The van der Waals surface area contributed by atoms with Crippen molar-refractivity contribution >= 4 is 110 Å². The first-order chi connectivity index (χ1) is 34.8. The van der Waals surface area contributed by atoms with E-state index in [1.165, 1.54) is 65.7 Å². The van der Waals surface area contributed by atoms with Crippen molar-refractivity contribution in [3.63, 3.8) is 0 Å². The van der Waals surface area contributed by atoms with Crippen LogP contribution < -0.4 is 9.80 Å². The molecule has 4 nitrogen and oxygen atoms in total. The molecule has 11 aromatic carbocycles. The molecule has 72 heavy (non-hydrogen) atoms. The Labute approximate surface area is 420 Å².